The normalized spacial score (nSPS) is 12.2. The molecular formula is C10H14N2O4. The molecule has 0 amide bonds. The van der Waals surface area contributed by atoms with E-state index in [-0.39, 0.29) is 18.8 Å². The highest BCUT2D eigenvalue weighted by Crippen LogP contribution is 2.29. The van der Waals surface area contributed by atoms with E-state index in [0.717, 1.165) is 0 Å². The zero-order valence-corrected chi connectivity index (χ0v) is 8.92. The van der Waals surface area contributed by atoms with E-state index >= 15 is 0 Å². The lowest BCUT2D eigenvalue weighted by molar-refractivity contribution is -0.385. The highest BCUT2D eigenvalue weighted by Gasteiger charge is 2.21. The Labute approximate surface area is 92.8 Å². The van der Waals surface area contributed by atoms with Crippen LogP contribution in [0.3, 0.4) is 0 Å². The van der Waals surface area contributed by atoms with Crippen LogP contribution in [0.25, 0.3) is 0 Å². The second kappa shape index (κ2) is 5.43. The largest absolute Gasteiger partial charge is 0.497 e. The van der Waals surface area contributed by atoms with Crippen molar-refractivity contribution in [2.24, 2.45) is 5.73 Å². The quantitative estimate of drug-likeness (QED) is 0.567. The Morgan fingerprint density at radius 2 is 2.31 bits per heavy atom. The summed E-state index contributed by atoms with van der Waals surface area (Å²) in [7, 11) is 1.47. The van der Waals surface area contributed by atoms with Gasteiger partial charge in [0.05, 0.1) is 18.6 Å². The first-order valence-corrected chi connectivity index (χ1v) is 4.77. The van der Waals surface area contributed by atoms with Crippen molar-refractivity contribution in [2.45, 2.75) is 5.92 Å². The molecule has 88 valence electrons. The van der Waals surface area contributed by atoms with Gasteiger partial charge in [-0.3, -0.25) is 10.1 Å². The Morgan fingerprint density at radius 3 is 2.75 bits per heavy atom. The molecule has 0 aromatic heterocycles. The molecule has 6 nitrogen and oxygen atoms in total. The van der Waals surface area contributed by atoms with Crippen LogP contribution >= 0.6 is 0 Å². The van der Waals surface area contributed by atoms with Crippen LogP contribution in [0.5, 0.6) is 5.75 Å². The van der Waals surface area contributed by atoms with E-state index in [9.17, 15) is 10.1 Å². The third-order valence-corrected chi connectivity index (χ3v) is 2.38. The molecule has 0 aliphatic carbocycles. The Morgan fingerprint density at radius 1 is 1.62 bits per heavy atom. The number of ether oxygens (including phenoxy) is 1. The van der Waals surface area contributed by atoms with Gasteiger partial charge in [-0.1, -0.05) is 0 Å². The van der Waals surface area contributed by atoms with Crippen molar-refractivity contribution in [3.63, 3.8) is 0 Å². The number of nitro benzene ring substituents is 1. The third kappa shape index (κ3) is 2.47. The zero-order chi connectivity index (χ0) is 12.1. The monoisotopic (exact) mass is 226 g/mol. The number of nitrogens with zero attached hydrogens (tertiary/aromatic N) is 1. The number of aliphatic hydroxyl groups excluding tert-OH is 1. The summed E-state index contributed by atoms with van der Waals surface area (Å²) in [5.74, 6) is 0.0583. The average Bonchev–Trinajstić information content (AvgIpc) is 2.30. The van der Waals surface area contributed by atoms with Gasteiger partial charge in [0.15, 0.2) is 0 Å². The number of nitrogens with two attached hydrogens (primary N) is 1. The Kier molecular flexibility index (Phi) is 4.21. The molecular weight excluding hydrogens is 212 g/mol. The van der Waals surface area contributed by atoms with Gasteiger partial charge in [-0.2, -0.15) is 0 Å². The minimum Gasteiger partial charge on any atom is -0.497 e. The summed E-state index contributed by atoms with van der Waals surface area (Å²) in [5, 5.41) is 19.9. The molecule has 1 atom stereocenters. The van der Waals surface area contributed by atoms with Crippen molar-refractivity contribution in [2.75, 3.05) is 20.3 Å². The number of methoxy groups -OCH3 is 1. The summed E-state index contributed by atoms with van der Waals surface area (Å²) in [5.41, 5.74) is 5.80. The molecule has 0 heterocycles. The molecule has 1 rings (SSSR count). The molecule has 3 N–H and O–H groups in total. The van der Waals surface area contributed by atoms with Crippen molar-refractivity contribution < 1.29 is 14.8 Å². The van der Waals surface area contributed by atoms with Crippen LogP contribution in [-0.2, 0) is 0 Å². The molecule has 0 fully saturated rings. The molecule has 0 saturated carbocycles. The Hall–Kier alpha value is -1.66. The Balaban J connectivity index is 3.24. The standard InChI is InChI=1S/C10H14N2O4/c1-16-8-2-3-10(12(14)15)9(4-8)7(5-11)6-13/h2-4,7,13H,5-6,11H2,1H3. The van der Waals surface area contributed by atoms with Crippen molar-refractivity contribution in [3.8, 4) is 5.75 Å². The SMILES string of the molecule is COc1ccc([N+](=O)[O-])c(C(CN)CO)c1. The van der Waals surface area contributed by atoms with Gasteiger partial charge in [0.1, 0.15) is 5.75 Å². The van der Waals surface area contributed by atoms with Crippen molar-refractivity contribution in [3.05, 3.63) is 33.9 Å². The second-order valence-electron chi connectivity index (χ2n) is 3.30. The number of hydrogen-bond acceptors (Lipinski definition) is 5. The van der Waals surface area contributed by atoms with Gasteiger partial charge in [-0.15, -0.1) is 0 Å². The summed E-state index contributed by atoms with van der Waals surface area (Å²) >= 11 is 0. The maximum atomic E-state index is 10.8. The van der Waals surface area contributed by atoms with E-state index in [4.69, 9.17) is 15.6 Å². The second-order valence-corrected chi connectivity index (χ2v) is 3.30. The van der Waals surface area contributed by atoms with E-state index in [1.807, 2.05) is 0 Å². The molecule has 0 bridgehead atoms. The number of hydrogen-bond donors (Lipinski definition) is 2. The zero-order valence-electron chi connectivity index (χ0n) is 8.92. The molecule has 1 aromatic rings. The maximum absolute atomic E-state index is 10.8. The molecule has 16 heavy (non-hydrogen) atoms. The first-order valence-electron chi connectivity index (χ1n) is 4.77. The molecule has 0 spiro atoms. The first-order chi connectivity index (χ1) is 7.63. The van der Waals surface area contributed by atoms with Crippen LogP contribution < -0.4 is 10.5 Å². The number of nitro groups is 1. The van der Waals surface area contributed by atoms with Crippen molar-refractivity contribution >= 4 is 5.69 Å². The molecule has 1 unspecified atom stereocenters. The predicted molar refractivity (Wildman–Crippen MR) is 58.5 cm³/mol. The summed E-state index contributed by atoms with van der Waals surface area (Å²) < 4.78 is 4.98. The highest BCUT2D eigenvalue weighted by atomic mass is 16.6. The van der Waals surface area contributed by atoms with Crippen LogP contribution in [0.2, 0.25) is 0 Å². The van der Waals surface area contributed by atoms with Crippen LogP contribution in [-0.4, -0.2) is 30.3 Å². The summed E-state index contributed by atoms with van der Waals surface area (Å²) in [6, 6.07) is 4.39. The average molecular weight is 226 g/mol. The van der Waals surface area contributed by atoms with E-state index < -0.39 is 10.8 Å². The molecule has 0 aliphatic rings. The lowest BCUT2D eigenvalue weighted by Gasteiger charge is -2.13. The van der Waals surface area contributed by atoms with E-state index in [0.29, 0.717) is 11.3 Å². The van der Waals surface area contributed by atoms with Gasteiger partial charge in [-0.05, 0) is 12.1 Å². The fourth-order valence-electron chi connectivity index (χ4n) is 1.45. The number of rotatable bonds is 5. The topological polar surface area (TPSA) is 98.6 Å². The van der Waals surface area contributed by atoms with E-state index in [2.05, 4.69) is 0 Å². The predicted octanol–water partition coefficient (Wildman–Crippen LogP) is 0.638. The van der Waals surface area contributed by atoms with Crippen LogP contribution in [0.1, 0.15) is 11.5 Å². The van der Waals surface area contributed by atoms with E-state index in [1.165, 1.54) is 25.3 Å². The lowest BCUT2D eigenvalue weighted by Crippen LogP contribution is -2.17. The summed E-state index contributed by atoms with van der Waals surface area (Å²) in [6.45, 7) is -0.0883. The van der Waals surface area contributed by atoms with E-state index in [1.54, 1.807) is 0 Å². The number of aliphatic hydroxyl groups is 1. The van der Waals surface area contributed by atoms with Crippen molar-refractivity contribution in [1.82, 2.24) is 0 Å². The van der Waals surface area contributed by atoms with Gasteiger partial charge < -0.3 is 15.6 Å². The maximum Gasteiger partial charge on any atom is 0.273 e. The fraction of sp³-hybridized carbons (Fsp3) is 0.400. The molecule has 6 heteroatoms. The Bertz CT molecular complexity index is 377. The molecule has 1 aromatic carbocycles. The van der Waals surface area contributed by atoms with Gasteiger partial charge in [-0.25, -0.2) is 0 Å². The van der Waals surface area contributed by atoms with Crippen LogP contribution in [0.15, 0.2) is 18.2 Å². The summed E-state index contributed by atoms with van der Waals surface area (Å²) in [4.78, 5) is 10.3. The minimum absolute atomic E-state index is 0.0506. The fourth-order valence-corrected chi connectivity index (χ4v) is 1.45. The summed E-state index contributed by atoms with van der Waals surface area (Å²) in [6.07, 6.45) is 0. The molecule has 0 radical (unpaired) electrons. The highest BCUT2D eigenvalue weighted by molar-refractivity contribution is 5.47. The van der Waals surface area contributed by atoms with Crippen LogP contribution in [0.4, 0.5) is 5.69 Å². The number of benzene rings is 1. The lowest BCUT2D eigenvalue weighted by atomic mass is 9.98. The van der Waals surface area contributed by atoms with Gasteiger partial charge in [0.25, 0.3) is 5.69 Å². The first kappa shape index (κ1) is 12.4. The molecule has 0 saturated heterocycles. The molecule has 0 aliphatic heterocycles. The minimum atomic E-state index is -0.493. The third-order valence-electron chi connectivity index (χ3n) is 2.38. The van der Waals surface area contributed by atoms with Crippen molar-refractivity contribution in [1.29, 1.82) is 0 Å². The van der Waals surface area contributed by atoms with Crippen LogP contribution in [0, 0.1) is 10.1 Å². The van der Waals surface area contributed by atoms with Gasteiger partial charge in [0.2, 0.25) is 0 Å². The van der Waals surface area contributed by atoms with Gasteiger partial charge >= 0.3 is 0 Å². The van der Waals surface area contributed by atoms with Gasteiger partial charge in [0, 0.05) is 24.1 Å². The smallest absolute Gasteiger partial charge is 0.273 e.